The first-order valence-corrected chi connectivity index (χ1v) is 6.33. The molecule has 0 N–H and O–H groups in total. The molecule has 0 saturated heterocycles. The normalized spacial score (nSPS) is 43.8. The molecule has 0 radical (unpaired) electrons. The number of fused-ring (bicyclic) bond motifs is 1. The van der Waals surface area contributed by atoms with Crippen molar-refractivity contribution in [3.05, 3.63) is 0 Å². The summed E-state index contributed by atoms with van der Waals surface area (Å²) < 4.78 is 0. The molecule has 2 atom stereocenters. The maximum Gasteiger partial charge on any atom is -0.0380 e. The van der Waals surface area contributed by atoms with Gasteiger partial charge in [0.1, 0.15) is 0 Å². The molecule has 2 saturated carbocycles. The van der Waals surface area contributed by atoms with E-state index in [-0.39, 0.29) is 0 Å². The molecule has 0 aliphatic heterocycles. The van der Waals surface area contributed by atoms with Gasteiger partial charge in [0, 0.05) is 0 Å². The van der Waals surface area contributed by atoms with Gasteiger partial charge < -0.3 is 0 Å². The molecule has 2 rings (SSSR count). The van der Waals surface area contributed by atoms with Crippen LogP contribution in [-0.4, -0.2) is 0 Å². The van der Waals surface area contributed by atoms with Crippen molar-refractivity contribution < 1.29 is 0 Å². The van der Waals surface area contributed by atoms with Gasteiger partial charge in [-0.1, -0.05) is 33.1 Å². The highest BCUT2D eigenvalue weighted by Gasteiger charge is 2.40. The van der Waals surface area contributed by atoms with Gasteiger partial charge >= 0.3 is 0 Å². The monoisotopic (exact) mass is 180 g/mol. The molecule has 0 heterocycles. The van der Waals surface area contributed by atoms with Crippen LogP contribution in [-0.2, 0) is 0 Å². The highest BCUT2D eigenvalue weighted by atomic mass is 14.5. The summed E-state index contributed by atoms with van der Waals surface area (Å²) in [5.41, 5.74) is 0. The van der Waals surface area contributed by atoms with Crippen molar-refractivity contribution in [2.45, 2.75) is 58.8 Å². The molecule has 2 fully saturated rings. The molecule has 0 aromatic heterocycles. The Labute approximate surface area is 83.1 Å². The van der Waals surface area contributed by atoms with Crippen LogP contribution in [0.15, 0.2) is 0 Å². The highest BCUT2D eigenvalue weighted by molar-refractivity contribution is 4.90. The molecule has 2 aliphatic rings. The molecule has 13 heavy (non-hydrogen) atoms. The summed E-state index contributed by atoms with van der Waals surface area (Å²) in [6.07, 6.45) is 10.6. The average Bonchev–Trinajstić information content (AvgIpc) is 2.61. The molecule has 0 aromatic rings. The van der Waals surface area contributed by atoms with Gasteiger partial charge in [0.15, 0.2) is 0 Å². The zero-order valence-electron chi connectivity index (χ0n) is 9.26. The van der Waals surface area contributed by atoms with Crippen molar-refractivity contribution >= 4 is 0 Å². The van der Waals surface area contributed by atoms with E-state index in [0.29, 0.717) is 0 Å². The fourth-order valence-corrected chi connectivity index (χ4v) is 3.84. The van der Waals surface area contributed by atoms with Gasteiger partial charge in [0.05, 0.1) is 0 Å². The molecule has 0 bridgehead atoms. The molecular formula is C13H24. The van der Waals surface area contributed by atoms with Gasteiger partial charge in [-0.05, 0) is 49.4 Å². The molecular weight excluding hydrogens is 156 g/mol. The van der Waals surface area contributed by atoms with Crippen molar-refractivity contribution in [2.24, 2.45) is 23.7 Å². The van der Waals surface area contributed by atoms with E-state index in [2.05, 4.69) is 13.8 Å². The van der Waals surface area contributed by atoms with E-state index in [9.17, 15) is 0 Å². The number of rotatable bonds is 3. The topological polar surface area (TPSA) is 0 Å². The smallest absolute Gasteiger partial charge is 0.0380 e. The molecule has 2 unspecified atom stereocenters. The lowest BCUT2D eigenvalue weighted by atomic mass is 9.94. The van der Waals surface area contributed by atoms with Gasteiger partial charge in [-0.3, -0.25) is 0 Å². The molecule has 0 spiro atoms. The average molecular weight is 180 g/mol. The quantitative estimate of drug-likeness (QED) is 0.609. The zero-order valence-corrected chi connectivity index (χ0v) is 9.26. The van der Waals surface area contributed by atoms with Crippen LogP contribution in [0.2, 0.25) is 0 Å². The lowest BCUT2D eigenvalue weighted by Crippen LogP contribution is -1.99. The van der Waals surface area contributed by atoms with E-state index in [1.165, 1.54) is 19.3 Å². The molecule has 0 nitrogen and oxygen atoms in total. The summed E-state index contributed by atoms with van der Waals surface area (Å²) in [7, 11) is 0. The Morgan fingerprint density at radius 1 is 0.846 bits per heavy atom. The third-order valence-electron chi connectivity index (χ3n) is 4.49. The van der Waals surface area contributed by atoms with Crippen molar-refractivity contribution in [1.82, 2.24) is 0 Å². The van der Waals surface area contributed by atoms with Crippen LogP contribution < -0.4 is 0 Å². The zero-order chi connectivity index (χ0) is 9.26. The first-order chi connectivity index (χ1) is 6.33. The third-order valence-corrected chi connectivity index (χ3v) is 4.49. The van der Waals surface area contributed by atoms with Crippen molar-refractivity contribution in [2.75, 3.05) is 0 Å². The van der Waals surface area contributed by atoms with E-state index in [0.717, 1.165) is 23.7 Å². The summed E-state index contributed by atoms with van der Waals surface area (Å²) in [6.45, 7) is 4.71. The van der Waals surface area contributed by atoms with E-state index < -0.39 is 0 Å². The minimum Gasteiger partial charge on any atom is -0.0654 e. The van der Waals surface area contributed by atoms with Gasteiger partial charge in [-0.25, -0.2) is 0 Å². The number of hydrogen-bond acceptors (Lipinski definition) is 0. The maximum absolute atomic E-state index is 2.37. The Kier molecular flexibility index (Phi) is 2.96. The van der Waals surface area contributed by atoms with Gasteiger partial charge in [0.25, 0.3) is 0 Å². The third kappa shape index (κ3) is 1.92. The minimum absolute atomic E-state index is 1.09. The van der Waals surface area contributed by atoms with Crippen molar-refractivity contribution in [1.29, 1.82) is 0 Å². The fraction of sp³-hybridized carbons (Fsp3) is 1.00. The first-order valence-electron chi connectivity index (χ1n) is 6.33. The first kappa shape index (κ1) is 9.55. The van der Waals surface area contributed by atoms with Crippen LogP contribution in [0.3, 0.4) is 0 Å². The van der Waals surface area contributed by atoms with Gasteiger partial charge in [-0.15, -0.1) is 0 Å². The van der Waals surface area contributed by atoms with Gasteiger partial charge in [-0.2, -0.15) is 0 Å². The molecule has 0 heteroatoms. The van der Waals surface area contributed by atoms with Crippen molar-refractivity contribution in [3.8, 4) is 0 Å². The van der Waals surface area contributed by atoms with E-state index in [4.69, 9.17) is 0 Å². The van der Waals surface area contributed by atoms with Crippen molar-refractivity contribution in [3.63, 3.8) is 0 Å². The summed E-state index contributed by atoms with van der Waals surface area (Å²) >= 11 is 0. The van der Waals surface area contributed by atoms with Crippen LogP contribution in [0.25, 0.3) is 0 Å². The van der Waals surface area contributed by atoms with E-state index >= 15 is 0 Å². The predicted octanol–water partition coefficient (Wildman–Crippen LogP) is 4.25. The standard InChI is InChI=1S/C13H24/c1-3-5-11-8-12-6-10(4-2)7-13(12)9-11/h10-13H,3-9H2,1-2H3. The Balaban J connectivity index is 1.82. The predicted molar refractivity (Wildman–Crippen MR) is 57.6 cm³/mol. The summed E-state index contributed by atoms with van der Waals surface area (Å²) in [4.78, 5) is 0. The SMILES string of the molecule is CCCC1CC2CC(CC)CC2C1. The lowest BCUT2D eigenvalue weighted by Gasteiger charge is -2.12. The van der Waals surface area contributed by atoms with Crippen LogP contribution in [0.5, 0.6) is 0 Å². The van der Waals surface area contributed by atoms with E-state index in [1.54, 1.807) is 25.7 Å². The maximum atomic E-state index is 2.37. The highest BCUT2D eigenvalue weighted by Crippen LogP contribution is 2.50. The molecule has 76 valence electrons. The Morgan fingerprint density at radius 3 is 1.85 bits per heavy atom. The Hall–Kier alpha value is 0. The molecule has 0 amide bonds. The van der Waals surface area contributed by atoms with E-state index in [1.807, 2.05) is 0 Å². The second-order valence-electron chi connectivity index (χ2n) is 5.39. The van der Waals surface area contributed by atoms with Crippen LogP contribution in [0.4, 0.5) is 0 Å². The summed E-state index contributed by atoms with van der Waals surface area (Å²) in [6, 6.07) is 0. The van der Waals surface area contributed by atoms with Crippen LogP contribution in [0.1, 0.15) is 58.8 Å². The summed E-state index contributed by atoms with van der Waals surface area (Å²) in [5, 5.41) is 0. The molecule has 2 aliphatic carbocycles. The van der Waals surface area contributed by atoms with Crippen LogP contribution >= 0.6 is 0 Å². The summed E-state index contributed by atoms with van der Waals surface area (Å²) in [5.74, 6) is 4.48. The largest absolute Gasteiger partial charge is 0.0654 e. The lowest BCUT2D eigenvalue weighted by molar-refractivity contribution is 0.402. The van der Waals surface area contributed by atoms with Gasteiger partial charge in [0.2, 0.25) is 0 Å². The Morgan fingerprint density at radius 2 is 1.38 bits per heavy atom. The molecule has 0 aromatic carbocycles. The fourth-order valence-electron chi connectivity index (χ4n) is 3.84. The van der Waals surface area contributed by atoms with Crippen LogP contribution in [0, 0.1) is 23.7 Å². The second kappa shape index (κ2) is 4.02. The second-order valence-corrected chi connectivity index (χ2v) is 5.39. The number of hydrogen-bond donors (Lipinski definition) is 0. The Bertz CT molecular complexity index is 147. The minimum atomic E-state index is 1.09.